The molecule has 1 atom stereocenters. The molecule has 0 fully saturated rings. The molecule has 1 aromatic rings. The van der Waals surface area contributed by atoms with Crippen molar-refractivity contribution in [3.8, 4) is 0 Å². The molecule has 0 aliphatic rings. The fourth-order valence-electron chi connectivity index (χ4n) is 1.02. The number of aryl methyl sites for hydroxylation is 1. The van der Waals surface area contributed by atoms with Gasteiger partial charge in [-0.3, -0.25) is 0 Å². The molecule has 0 saturated carbocycles. The number of H-pyrrole nitrogens is 1. The van der Waals surface area contributed by atoms with Crippen molar-refractivity contribution in [2.75, 3.05) is 0 Å². The average molecular weight is 310 g/mol. The second-order valence-electron chi connectivity index (χ2n) is 4.28. The third-order valence-corrected chi connectivity index (χ3v) is 5.09. The number of aromatic amines is 1. The molecular formula is C9H16BrN3O2S. The highest BCUT2D eigenvalue weighted by Crippen LogP contribution is 2.19. The van der Waals surface area contributed by atoms with Crippen LogP contribution in [0.1, 0.15) is 26.6 Å². The predicted molar refractivity (Wildman–Crippen MR) is 66.1 cm³/mol. The number of hydrogen-bond donors (Lipinski definition) is 2. The molecule has 0 spiro atoms. The molecule has 1 aromatic heterocycles. The number of halogens is 1. The molecule has 0 saturated heterocycles. The van der Waals surface area contributed by atoms with Crippen LogP contribution in [0.15, 0.2) is 11.2 Å². The highest BCUT2D eigenvalue weighted by atomic mass is 79.9. The zero-order chi connectivity index (χ0) is 12.6. The van der Waals surface area contributed by atoms with Crippen LogP contribution in [0.5, 0.6) is 0 Å². The average Bonchev–Trinajstić information content (AvgIpc) is 2.50. The van der Waals surface area contributed by atoms with Gasteiger partial charge in [0.2, 0.25) is 0 Å². The standard InChI is InChI=1S/C9H16BrN3O2S/c1-6(10)9(3,4)13-16(14,15)8-5-11-7(2)12-8/h5-6,13H,1-4H3,(H,11,12). The topological polar surface area (TPSA) is 74.8 Å². The van der Waals surface area contributed by atoms with E-state index in [1.165, 1.54) is 6.20 Å². The first-order chi connectivity index (χ1) is 7.15. The molecule has 0 radical (unpaired) electrons. The number of hydrogen-bond acceptors (Lipinski definition) is 3. The number of nitrogens with zero attached hydrogens (tertiary/aromatic N) is 1. The number of alkyl halides is 1. The van der Waals surface area contributed by atoms with Crippen LogP contribution in [0, 0.1) is 6.92 Å². The van der Waals surface area contributed by atoms with E-state index >= 15 is 0 Å². The normalized spacial score (nSPS) is 15.1. The maximum atomic E-state index is 12.0. The molecule has 0 aliphatic heterocycles. The van der Waals surface area contributed by atoms with Gasteiger partial charge in [0.25, 0.3) is 10.0 Å². The van der Waals surface area contributed by atoms with Crippen molar-refractivity contribution < 1.29 is 8.42 Å². The molecule has 0 amide bonds. The maximum Gasteiger partial charge on any atom is 0.258 e. The second kappa shape index (κ2) is 4.46. The van der Waals surface area contributed by atoms with E-state index in [4.69, 9.17) is 0 Å². The monoisotopic (exact) mass is 309 g/mol. The van der Waals surface area contributed by atoms with Crippen molar-refractivity contribution in [3.63, 3.8) is 0 Å². The molecule has 5 nitrogen and oxygen atoms in total. The lowest BCUT2D eigenvalue weighted by Gasteiger charge is -2.28. The van der Waals surface area contributed by atoms with Crippen molar-refractivity contribution in [3.05, 3.63) is 12.0 Å². The van der Waals surface area contributed by atoms with Crippen LogP contribution in [0.3, 0.4) is 0 Å². The van der Waals surface area contributed by atoms with Gasteiger partial charge in [-0.1, -0.05) is 22.9 Å². The van der Waals surface area contributed by atoms with E-state index in [1.807, 2.05) is 20.8 Å². The second-order valence-corrected chi connectivity index (χ2v) is 7.30. The Kier molecular flexibility index (Phi) is 3.81. The fraction of sp³-hybridized carbons (Fsp3) is 0.667. The summed E-state index contributed by atoms with van der Waals surface area (Å²) in [4.78, 5) is 6.59. The molecular weight excluding hydrogens is 294 g/mol. The summed E-state index contributed by atoms with van der Waals surface area (Å²) in [6.45, 7) is 7.22. The minimum atomic E-state index is -3.54. The van der Waals surface area contributed by atoms with Crippen molar-refractivity contribution in [2.45, 2.75) is 43.1 Å². The van der Waals surface area contributed by atoms with Crippen molar-refractivity contribution in [2.24, 2.45) is 0 Å². The quantitative estimate of drug-likeness (QED) is 0.829. The molecule has 7 heteroatoms. The summed E-state index contributed by atoms with van der Waals surface area (Å²) in [5.74, 6) is 0.574. The Balaban J connectivity index is 2.97. The Bertz CT molecular complexity index is 465. The summed E-state index contributed by atoms with van der Waals surface area (Å²) < 4.78 is 26.5. The van der Waals surface area contributed by atoms with Gasteiger partial charge in [0.15, 0.2) is 5.03 Å². The molecule has 16 heavy (non-hydrogen) atoms. The zero-order valence-corrected chi connectivity index (χ0v) is 12.1. The number of rotatable bonds is 4. The van der Waals surface area contributed by atoms with Gasteiger partial charge in [0.1, 0.15) is 5.82 Å². The summed E-state index contributed by atoms with van der Waals surface area (Å²) in [6, 6.07) is 0. The van der Waals surface area contributed by atoms with Gasteiger partial charge in [-0.05, 0) is 20.8 Å². The Hall–Kier alpha value is -0.400. The van der Waals surface area contributed by atoms with Crippen LogP contribution < -0.4 is 4.72 Å². The summed E-state index contributed by atoms with van der Waals surface area (Å²) in [6.07, 6.45) is 1.31. The minimum Gasteiger partial charge on any atom is -0.332 e. The number of nitrogens with one attached hydrogen (secondary N) is 2. The summed E-state index contributed by atoms with van der Waals surface area (Å²) >= 11 is 3.37. The van der Waals surface area contributed by atoms with Crippen LogP contribution in [-0.2, 0) is 10.0 Å². The van der Waals surface area contributed by atoms with Crippen LogP contribution in [0.2, 0.25) is 0 Å². The lowest BCUT2D eigenvalue weighted by molar-refractivity contribution is 0.453. The van der Waals surface area contributed by atoms with Gasteiger partial charge in [-0.25, -0.2) is 18.1 Å². The molecule has 1 rings (SSSR count). The predicted octanol–water partition coefficient (Wildman–Crippen LogP) is 1.56. The van der Waals surface area contributed by atoms with Crippen LogP contribution in [-0.4, -0.2) is 28.8 Å². The first kappa shape index (κ1) is 13.7. The van der Waals surface area contributed by atoms with E-state index in [0.29, 0.717) is 5.82 Å². The van der Waals surface area contributed by atoms with E-state index in [0.717, 1.165) is 0 Å². The van der Waals surface area contributed by atoms with Gasteiger partial charge in [-0.15, -0.1) is 0 Å². The molecule has 0 aromatic carbocycles. The molecule has 92 valence electrons. The van der Waals surface area contributed by atoms with Crippen molar-refractivity contribution in [1.29, 1.82) is 0 Å². The van der Waals surface area contributed by atoms with Gasteiger partial charge >= 0.3 is 0 Å². The summed E-state index contributed by atoms with van der Waals surface area (Å²) in [5.41, 5.74) is -0.572. The summed E-state index contributed by atoms with van der Waals surface area (Å²) in [5, 5.41) is 0.0891. The minimum absolute atomic E-state index is 0.0128. The summed E-state index contributed by atoms with van der Waals surface area (Å²) in [7, 11) is -3.54. The van der Waals surface area contributed by atoms with Crippen LogP contribution in [0.25, 0.3) is 0 Å². The zero-order valence-electron chi connectivity index (χ0n) is 9.70. The highest BCUT2D eigenvalue weighted by molar-refractivity contribution is 9.09. The lowest BCUT2D eigenvalue weighted by Crippen LogP contribution is -2.48. The van der Waals surface area contributed by atoms with E-state index in [1.54, 1.807) is 6.92 Å². The Labute approximate surface area is 104 Å². The first-order valence-electron chi connectivity index (χ1n) is 4.85. The van der Waals surface area contributed by atoms with Crippen LogP contribution in [0.4, 0.5) is 0 Å². The number of imidazole rings is 1. The van der Waals surface area contributed by atoms with Crippen molar-refractivity contribution >= 4 is 26.0 Å². The van der Waals surface area contributed by atoms with Gasteiger partial charge < -0.3 is 4.98 Å². The van der Waals surface area contributed by atoms with E-state index in [9.17, 15) is 8.42 Å². The first-order valence-corrected chi connectivity index (χ1v) is 7.25. The molecule has 0 bridgehead atoms. The third-order valence-electron chi connectivity index (χ3n) is 2.36. The number of aromatic nitrogens is 2. The fourth-order valence-corrected chi connectivity index (χ4v) is 2.74. The van der Waals surface area contributed by atoms with Crippen molar-refractivity contribution in [1.82, 2.24) is 14.7 Å². The van der Waals surface area contributed by atoms with E-state index in [-0.39, 0.29) is 9.85 Å². The maximum absolute atomic E-state index is 12.0. The number of sulfonamides is 1. The van der Waals surface area contributed by atoms with E-state index in [2.05, 4.69) is 30.6 Å². The van der Waals surface area contributed by atoms with Crippen LogP contribution >= 0.6 is 15.9 Å². The Morgan fingerprint density at radius 3 is 2.50 bits per heavy atom. The largest absolute Gasteiger partial charge is 0.332 e. The van der Waals surface area contributed by atoms with Gasteiger partial charge in [0, 0.05) is 10.4 Å². The lowest BCUT2D eigenvalue weighted by atomic mass is 10.0. The van der Waals surface area contributed by atoms with E-state index < -0.39 is 15.6 Å². The Morgan fingerprint density at radius 1 is 1.56 bits per heavy atom. The molecule has 1 heterocycles. The molecule has 0 aliphatic carbocycles. The SMILES string of the molecule is Cc1ncc(S(=O)(=O)NC(C)(C)C(C)Br)[nH]1. The smallest absolute Gasteiger partial charge is 0.258 e. The third kappa shape index (κ3) is 3.05. The highest BCUT2D eigenvalue weighted by Gasteiger charge is 2.30. The van der Waals surface area contributed by atoms with Gasteiger partial charge in [0.05, 0.1) is 6.20 Å². The van der Waals surface area contributed by atoms with Gasteiger partial charge in [-0.2, -0.15) is 0 Å². The molecule has 2 N–H and O–H groups in total. The molecule has 1 unspecified atom stereocenters. The Morgan fingerprint density at radius 2 is 2.12 bits per heavy atom.